The van der Waals surface area contributed by atoms with E-state index in [2.05, 4.69) is 21.2 Å². The molecule has 212 valence electrons. The zero-order chi connectivity index (χ0) is 28.9. The lowest BCUT2D eigenvalue weighted by Gasteiger charge is -2.28. The molecule has 3 aromatic carbocycles. The van der Waals surface area contributed by atoms with Crippen LogP contribution in [0.3, 0.4) is 0 Å². The largest absolute Gasteiger partial charge is 0.493 e. The van der Waals surface area contributed by atoms with Gasteiger partial charge in [-0.1, -0.05) is 75.7 Å². The molecule has 8 nitrogen and oxygen atoms in total. The van der Waals surface area contributed by atoms with Crippen molar-refractivity contribution in [3.8, 4) is 11.5 Å². The van der Waals surface area contributed by atoms with Gasteiger partial charge in [0.05, 0.1) is 19.3 Å². The molecule has 0 radical (unpaired) electrons. The van der Waals surface area contributed by atoms with Gasteiger partial charge in [0.2, 0.25) is 11.1 Å². The van der Waals surface area contributed by atoms with Crippen LogP contribution in [0.25, 0.3) is 0 Å². The number of ether oxygens (including phenoxy) is 3. The highest BCUT2D eigenvalue weighted by Crippen LogP contribution is 2.40. The first-order valence-corrected chi connectivity index (χ1v) is 15.1. The number of thioether (sulfide) groups is 1. The number of nitrogens with zero attached hydrogens (tertiary/aromatic N) is 3. The van der Waals surface area contributed by atoms with Crippen LogP contribution in [0.5, 0.6) is 11.5 Å². The summed E-state index contributed by atoms with van der Waals surface area (Å²) >= 11 is 11.3. The lowest BCUT2D eigenvalue weighted by Crippen LogP contribution is -2.29. The molecule has 1 aliphatic heterocycles. The van der Waals surface area contributed by atoms with Crippen molar-refractivity contribution in [1.29, 1.82) is 0 Å². The summed E-state index contributed by atoms with van der Waals surface area (Å²) in [6, 6.07) is 20.6. The minimum atomic E-state index is -0.595. The van der Waals surface area contributed by atoms with E-state index in [1.165, 1.54) is 11.8 Å². The van der Waals surface area contributed by atoms with Crippen LogP contribution in [0.1, 0.15) is 36.6 Å². The lowest BCUT2D eigenvalue weighted by atomic mass is 9.95. The first-order chi connectivity index (χ1) is 19.9. The summed E-state index contributed by atoms with van der Waals surface area (Å²) < 4.78 is 19.9. The molecule has 1 aromatic heterocycles. The number of anilines is 1. The van der Waals surface area contributed by atoms with Gasteiger partial charge in [0.1, 0.15) is 12.6 Å². The summed E-state index contributed by atoms with van der Waals surface area (Å²) in [5.41, 5.74) is 3.87. The highest BCUT2D eigenvalue weighted by Gasteiger charge is 2.35. The maximum Gasteiger partial charge on any atom is 0.338 e. The Labute approximate surface area is 256 Å². The summed E-state index contributed by atoms with van der Waals surface area (Å²) in [6.07, 6.45) is 0. The zero-order valence-corrected chi connectivity index (χ0v) is 25.8. The maximum absolute atomic E-state index is 13.2. The van der Waals surface area contributed by atoms with E-state index in [0.29, 0.717) is 51.3 Å². The first kappa shape index (κ1) is 29.0. The average Bonchev–Trinajstić information content (AvgIpc) is 3.38. The Hall–Kier alpha value is -3.47. The van der Waals surface area contributed by atoms with Gasteiger partial charge in [-0.05, 0) is 60.9 Å². The van der Waals surface area contributed by atoms with Crippen molar-refractivity contribution in [1.82, 2.24) is 14.8 Å². The summed E-state index contributed by atoms with van der Waals surface area (Å²) in [5.74, 6) is 1.82. The van der Waals surface area contributed by atoms with Gasteiger partial charge in [-0.25, -0.2) is 9.48 Å². The second-order valence-electron chi connectivity index (χ2n) is 9.15. The molecule has 1 N–H and O–H groups in total. The molecular formula is C30H28BrClN4O4S. The SMILES string of the molecule is CCOC(=O)C1=C(C)Nc2nc(SCc3ccccc3Cl)nn2C1c1ccc(OCc2ccc(Br)cc2)c(OC)c1. The number of hydrogen-bond donors (Lipinski definition) is 1. The Morgan fingerprint density at radius 3 is 2.63 bits per heavy atom. The number of benzene rings is 3. The smallest absolute Gasteiger partial charge is 0.338 e. The molecule has 0 amide bonds. The topological polar surface area (TPSA) is 87.5 Å². The third-order valence-electron chi connectivity index (χ3n) is 6.45. The van der Waals surface area contributed by atoms with Crippen molar-refractivity contribution in [3.63, 3.8) is 0 Å². The van der Waals surface area contributed by atoms with Crippen LogP contribution in [-0.2, 0) is 21.9 Å². The van der Waals surface area contributed by atoms with Crippen LogP contribution < -0.4 is 14.8 Å². The van der Waals surface area contributed by atoms with Crippen LogP contribution in [0, 0.1) is 0 Å². The second-order valence-corrected chi connectivity index (χ2v) is 11.4. The monoisotopic (exact) mass is 654 g/mol. The number of allylic oxidation sites excluding steroid dienone is 1. The van der Waals surface area contributed by atoms with Crippen molar-refractivity contribution in [2.75, 3.05) is 19.0 Å². The van der Waals surface area contributed by atoms with Crippen LogP contribution in [-0.4, -0.2) is 34.5 Å². The number of esters is 1. The van der Waals surface area contributed by atoms with E-state index in [4.69, 9.17) is 35.9 Å². The Bertz CT molecular complexity index is 1590. The molecule has 1 aliphatic rings. The summed E-state index contributed by atoms with van der Waals surface area (Å²) in [7, 11) is 1.59. The standard InChI is InChI=1S/C30H28BrClN4O4S/c1-4-39-28(37)26-18(2)33-29-34-30(41-17-21-7-5-6-8-23(21)32)35-36(29)27(26)20-11-14-24(25(15-20)38-3)40-16-19-9-12-22(31)13-10-19/h5-15,27H,4,16-17H2,1-3H3,(H,33,34,35). The van der Waals surface area contributed by atoms with Gasteiger partial charge in [0.25, 0.3) is 0 Å². The van der Waals surface area contributed by atoms with E-state index in [1.807, 2.05) is 73.7 Å². The Kier molecular flexibility index (Phi) is 9.22. The lowest BCUT2D eigenvalue weighted by molar-refractivity contribution is -0.139. The molecule has 11 heteroatoms. The van der Waals surface area contributed by atoms with Gasteiger partial charge in [-0.15, -0.1) is 5.10 Å². The van der Waals surface area contributed by atoms with Crippen LogP contribution >= 0.6 is 39.3 Å². The van der Waals surface area contributed by atoms with Gasteiger partial charge in [0, 0.05) is 20.9 Å². The fourth-order valence-corrected chi connectivity index (χ4v) is 5.83. The molecule has 0 saturated carbocycles. The number of nitrogens with one attached hydrogen (secondary N) is 1. The molecule has 1 atom stereocenters. The molecule has 5 rings (SSSR count). The predicted molar refractivity (Wildman–Crippen MR) is 164 cm³/mol. The number of carbonyl (C=O) groups excluding carboxylic acids is 1. The summed E-state index contributed by atoms with van der Waals surface area (Å²) in [6.45, 7) is 4.24. The van der Waals surface area contributed by atoms with E-state index < -0.39 is 12.0 Å². The Morgan fingerprint density at radius 1 is 1.12 bits per heavy atom. The first-order valence-electron chi connectivity index (χ1n) is 12.9. The molecule has 0 spiro atoms. The van der Waals surface area contributed by atoms with E-state index >= 15 is 0 Å². The van der Waals surface area contributed by atoms with Crippen LogP contribution in [0.2, 0.25) is 5.02 Å². The molecule has 0 fully saturated rings. The molecule has 41 heavy (non-hydrogen) atoms. The predicted octanol–water partition coefficient (Wildman–Crippen LogP) is 7.43. The van der Waals surface area contributed by atoms with Crippen molar-refractivity contribution < 1.29 is 19.0 Å². The summed E-state index contributed by atoms with van der Waals surface area (Å²) in [5, 5.41) is 9.26. The third kappa shape index (κ3) is 6.55. The molecule has 4 aromatic rings. The van der Waals surface area contributed by atoms with Crippen molar-refractivity contribution in [2.24, 2.45) is 0 Å². The Morgan fingerprint density at radius 2 is 1.90 bits per heavy atom. The third-order valence-corrected chi connectivity index (χ3v) is 8.24. The number of fused-ring (bicyclic) bond motifs is 1. The average molecular weight is 656 g/mol. The van der Waals surface area contributed by atoms with E-state index in [-0.39, 0.29) is 6.61 Å². The highest BCUT2D eigenvalue weighted by atomic mass is 79.9. The zero-order valence-electron chi connectivity index (χ0n) is 22.7. The number of halogens is 2. The number of aromatic nitrogens is 3. The van der Waals surface area contributed by atoms with Crippen molar-refractivity contribution in [3.05, 3.63) is 104 Å². The molecule has 1 unspecified atom stereocenters. The minimum absolute atomic E-state index is 0.248. The fourth-order valence-electron chi connectivity index (χ4n) is 4.45. The molecule has 0 bridgehead atoms. The maximum atomic E-state index is 13.2. The fraction of sp³-hybridized carbons (Fsp3) is 0.233. The van der Waals surface area contributed by atoms with Gasteiger partial charge in [-0.2, -0.15) is 4.98 Å². The van der Waals surface area contributed by atoms with Gasteiger partial charge in [0.15, 0.2) is 11.5 Å². The Balaban J connectivity index is 1.47. The highest BCUT2D eigenvalue weighted by molar-refractivity contribution is 9.10. The molecule has 0 saturated heterocycles. The van der Waals surface area contributed by atoms with Crippen molar-refractivity contribution in [2.45, 2.75) is 37.4 Å². The van der Waals surface area contributed by atoms with Crippen LogP contribution in [0.15, 0.2) is 87.6 Å². The minimum Gasteiger partial charge on any atom is -0.493 e. The quantitative estimate of drug-likeness (QED) is 0.140. The molecule has 0 aliphatic carbocycles. The summed E-state index contributed by atoms with van der Waals surface area (Å²) in [4.78, 5) is 17.9. The van der Waals surface area contributed by atoms with Crippen LogP contribution in [0.4, 0.5) is 5.95 Å². The molecule has 2 heterocycles. The number of hydrogen-bond acceptors (Lipinski definition) is 8. The van der Waals surface area contributed by atoms with E-state index in [0.717, 1.165) is 21.2 Å². The van der Waals surface area contributed by atoms with E-state index in [1.54, 1.807) is 18.7 Å². The number of carbonyl (C=O) groups is 1. The molecular weight excluding hydrogens is 628 g/mol. The van der Waals surface area contributed by atoms with Gasteiger partial charge in [-0.3, -0.25) is 0 Å². The van der Waals surface area contributed by atoms with E-state index in [9.17, 15) is 4.79 Å². The normalized spacial score (nSPS) is 14.3. The van der Waals surface area contributed by atoms with Crippen molar-refractivity contribution >= 4 is 51.2 Å². The number of methoxy groups -OCH3 is 1. The number of rotatable bonds is 10. The van der Waals surface area contributed by atoms with Gasteiger partial charge < -0.3 is 19.5 Å². The van der Waals surface area contributed by atoms with Gasteiger partial charge >= 0.3 is 5.97 Å². The second kappa shape index (κ2) is 13.0.